The summed E-state index contributed by atoms with van der Waals surface area (Å²) in [6.07, 6.45) is 2.34. The van der Waals surface area contributed by atoms with E-state index in [1.807, 2.05) is 31.2 Å². The van der Waals surface area contributed by atoms with Gasteiger partial charge in [-0.3, -0.25) is 9.59 Å². The zero-order chi connectivity index (χ0) is 23.8. The van der Waals surface area contributed by atoms with E-state index in [1.54, 1.807) is 17.0 Å². The molecule has 0 bridgehead atoms. The molecule has 7 nitrogen and oxygen atoms in total. The molecule has 2 aromatic carbocycles. The maximum absolute atomic E-state index is 13.2. The second-order valence-electron chi connectivity index (χ2n) is 8.29. The van der Waals surface area contributed by atoms with Crippen molar-refractivity contribution in [2.75, 3.05) is 18.4 Å². The van der Waals surface area contributed by atoms with Gasteiger partial charge in [0.25, 0.3) is 0 Å². The second kappa shape index (κ2) is 11.4. The molecular formula is C25H31FN4O3. The smallest absolute Gasteiger partial charge is 0.321 e. The Morgan fingerprint density at radius 3 is 2.36 bits per heavy atom. The standard InChI is InChI=1S/C25H31FN4O3/c1-3-19-6-4-5-7-22(19)29-25(33)30-14-12-21(13-15-30)28-24(32)23(27-17(2)31)16-18-8-10-20(26)11-9-18/h4-11,21,23H,3,12-16H2,1-2H3,(H,27,31)(H,28,32)(H,29,33)/t23-/m1/s1. The monoisotopic (exact) mass is 454 g/mol. The topological polar surface area (TPSA) is 90.5 Å². The van der Waals surface area contributed by atoms with Crippen LogP contribution in [0.15, 0.2) is 48.5 Å². The summed E-state index contributed by atoms with van der Waals surface area (Å²) in [5, 5.41) is 8.66. The van der Waals surface area contributed by atoms with E-state index in [4.69, 9.17) is 0 Å². The molecule has 4 amide bonds. The Morgan fingerprint density at radius 1 is 1.06 bits per heavy atom. The number of carbonyl (C=O) groups excluding carboxylic acids is 3. The molecule has 1 aliphatic rings. The number of halogens is 1. The van der Waals surface area contributed by atoms with Gasteiger partial charge in [0, 0.05) is 38.2 Å². The van der Waals surface area contributed by atoms with Gasteiger partial charge >= 0.3 is 6.03 Å². The van der Waals surface area contributed by atoms with Crippen LogP contribution < -0.4 is 16.0 Å². The first-order valence-corrected chi connectivity index (χ1v) is 11.3. The van der Waals surface area contributed by atoms with Crippen molar-refractivity contribution in [1.82, 2.24) is 15.5 Å². The van der Waals surface area contributed by atoms with Crippen molar-refractivity contribution in [3.05, 3.63) is 65.5 Å². The first-order valence-electron chi connectivity index (χ1n) is 11.3. The lowest BCUT2D eigenvalue weighted by molar-refractivity contribution is -0.128. The number of hydrogen-bond acceptors (Lipinski definition) is 3. The average molecular weight is 455 g/mol. The van der Waals surface area contributed by atoms with Crippen LogP contribution in [0.3, 0.4) is 0 Å². The maximum Gasteiger partial charge on any atom is 0.321 e. The predicted octanol–water partition coefficient (Wildman–Crippen LogP) is 3.25. The van der Waals surface area contributed by atoms with Crippen LogP contribution in [0.25, 0.3) is 0 Å². The molecule has 3 N–H and O–H groups in total. The van der Waals surface area contributed by atoms with Crippen LogP contribution in [-0.4, -0.2) is 47.9 Å². The average Bonchev–Trinajstić information content (AvgIpc) is 2.80. The van der Waals surface area contributed by atoms with Crippen LogP contribution in [0.1, 0.15) is 37.8 Å². The van der Waals surface area contributed by atoms with Gasteiger partial charge in [0.2, 0.25) is 11.8 Å². The fourth-order valence-corrected chi connectivity index (χ4v) is 3.98. The Kier molecular flexibility index (Phi) is 8.40. The molecule has 0 unspecified atom stereocenters. The third-order valence-corrected chi connectivity index (χ3v) is 5.82. The number of nitrogens with one attached hydrogen (secondary N) is 3. The largest absolute Gasteiger partial charge is 0.351 e. The van der Waals surface area contributed by atoms with Crippen molar-refractivity contribution in [1.29, 1.82) is 0 Å². The number of hydrogen-bond donors (Lipinski definition) is 3. The van der Waals surface area contributed by atoms with Crippen molar-refractivity contribution in [3.63, 3.8) is 0 Å². The van der Waals surface area contributed by atoms with Gasteiger partial charge in [-0.15, -0.1) is 0 Å². The van der Waals surface area contributed by atoms with E-state index in [9.17, 15) is 18.8 Å². The second-order valence-corrected chi connectivity index (χ2v) is 8.29. The van der Waals surface area contributed by atoms with Gasteiger partial charge in [0.15, 0.2) is 0 Å². The highest BCUT2D eigenvalue weighted by atomic mass is 19.1. The SMILES string of the molecule is CCc1ccccc1NC(=O)N1CCC(NC(=O)[C@@H](Cc2ccc(F)cc2)NC(C)=O)CC1. The van der Waals surface area contributed by atoms with Crippen LogP contribution in [0.2, 0.25) is 0 Å². The van der Waals surface area contributed by atoms with Gasteiger partial charge < -0.3 is 20.9 Å². The number of rotatable bonds is 7. The number of para-hydroxylation sites is 1. The number of piperidine rings is 1. The lowest BCUT2D eigenvalue weighted by atomic mass is 10.0. The summed E-state index contributed by atoms with van der Waals surface area (Å²) >= 11 is 0. The van der Waals surface area contributed by atoms with Crippen LogP contribution in [0, 0.1) is 5.82 Å². The zero-order valence-corrected chi connectivity index (χ0v) is 19.1. The first-order chi connectivity index (χ1) is 15.9. The molecule has 1 saturated heterocycles. The van der Waals surface area contributed by atoms with Gasteiger partial charge in [-0.1, -0.05) is 37.3 Å². The Labute approximate surface area is 193 Å². The quantitative estimate of drug-likeness (QED) is 0.600. The lowest BCUT2D eigenvalue weighted by Crippen LogP contribution is -2.53. The molecule has 8 heteroatoms. The van der Waals surface area contributed by atoms with Crippen molar-refractivity contribution < 1.29 is 18.8 Å². The summed E-state index contributed by atoms with van der Waals surface area (Å²) < 4.78 is 13.2. The summed E-state index contributed by atoms with van der Waals surface area (Å²) in [6, 6.07) is 12.6. The highest BCUT2D eigenvalue weighted by Gasteiger charge is 2.27. The number of amides is 4. The van der Waals surface area contributed by atoms with Gasteiger partial charge in [-0.25, -0.2) is 9.18 Å². The number of nitrogens with zero attached hydrogens (tertiary/aromatic N) is 1. The minimum absolute atomic E-state index is 0.0889. The molecule has 1 aliphatic heterocycles. The molecule has 0 spiro atoms. The third-order valence-electron chi connectivity index (χ3n) is 5.82. The molecule has 0 aromatic heterocycles. The van der Waals surface area contributed by atoms with E-state index in [0.29, 0.717) is 25.9 Å². The zero-order valence-electron chi connectivity index (χ0n) is 19.1. The highest BCUT2D eigenvalue weighted by molar-refractivity contribution is 5.90. The number of carbonyl (C=O) groups is 3. The fraction of sp³-hybridized carbons (Fsp3) is 0.400. The Hall–Kier alpha value is -3.42. The van der Waals surface area contributed by atoms with E-state index >= 15 is 0 Å². The molecule has 1 heterocycles. The molecule has 0 radical (unpaired) electrons. The molecule has 1 fully saturated rings. The molecule has 2 aromatic rings. The summed E-state index contributed by atoms with van der Waals surface area (Å²) in [6.45, 7) is 4.45. The predicted molar refractivity (Wildman–Crippen MR) is 125 cm³/mol. The Bertz CT molecular complexity index is 972. The summed E-state index contributed by atoms with van der Waals surface area (Å²) in [5.74, 6) is -0.946. The third kappa shape index (κ3) is 7.03. The number of benzene rings is 2. The van der Waals surface area contributed by atoms with Gasteiger partial charge in [0.1, 0.15) is 11.9 Å². The van der Waals surface area contributed by atoms with E-state index < -0.39 is 6.04 Å². The molecule has 1 atom stereocenters. The minimum Gasteiger partial charge on any atom is -0.351 e. The molecule has 0 aliphatic carbocycles. The van der Waals surface area contributed by atoms with E-state index in [2.05, 4.69) is 16.0 Å². The molecular weight excluding hydrogens is 423 g/mol. The lowest BCUT2D eigenvalue weighted by Gasteiger charge is -2.33. The Morgan fingerprint density at radius 2 is 1.73 bits per heavy atom. The van der Waals surface area contributed by atoms with Crippen molar-refractivity contribution in [2.24, 2.45) is 0 Å². The summed E-state index contributed by atoms with van der Waals surface area (Å²) in [4.78, 5) is 38.9. The molecule has 3 rings (SSSR count). The maximum atomic E-state index is 13.2. The minimum atomic E-state index is -0.750. The van der Waals surface area contributed by atoms with E-state index in [1.165, 1.54) is 19.1 Å². The number of anilines is 1. The van der Waals surface area contributed by atoms with Crippen LogP contribution >= 0.6 is 0 Å². The van der Waals surface area contributed by atoms with Gasteiger partial charge in [-0.2, -0.15) is 0 Å². The van der Waals surface area contributed by atoms with Gasteiger partial charge in [0.05, 0.1) is 0 Å². The number of urea groups is 1. The highest BCUT2D eigenvalue weighted by Crippen LogP contribution is 2.18. The van der Waals surface area contributed by atoms with Crippen LogP contribution in [0.4, 0.5) is 14.9 Å². The molecule has 0 saturated carbocycles. The number of aryl methyl sites for hydroxylation is 1. The van der Waals surface area contributed by atoms with Crippen LogP contribution in [-0.2, 0) is 22.4 Å². The van der Waals surface area contributed by atoms with Crippen molar-refractivity contribution in [2.45, 2.75) is 51.6 Å². The van der Waals surface area contributed by atoms with E-state index in [0.717, 1.165) is 23.2 Å². The Balaban J connectivity index is 1.52. The molecule has 33 heavy (non-hydrogen) atoms. The fourth-order valence-electron chi connectivity index (χ4n) is 3.98. The first kappa shape index (κ1) is 24.2. The van der Waals surface area contributed by atoms with E-state index in [-0.39, 0.29) is 36.1 Å². The van der Waals surface area contributed by atoms with Crippen molar-refractivity contribution in [3.8, 4) is 0 Å². The normalized spacial score (nSPS) is 14.9. The van der Waals surface area contributed by atoms with Crippen molar-refractivity contribution >= 4 is 23.5 Å². The van der Waals surface area contributed by atoms with Gasteiger partial charge in [-0.05, 0) is 48.6 Å². The summed E-state index contributed by atoms with van der Waals surface area (Å²) in [7, 11) is 0. The number of likely N-dealkylation sites (tertiary alicyclic amines) is 1. The molecule has 176 valence electrons. The van der Waals surface area contributed by atoms with Crippen LogP contribution in [0.5, 0.6) is 0 Å². The summed E-state index contributed by atoms with van der Waals surface area (Å²) in [5.41, 5.74) is 2.65.